The number of benzene rings is 1. The topological polar surface area (TPSA) is 77.8 Å². The van der Waals surface area contributed by atoms with Crippen molar-refractivity contribution in [1.29, 1.82) is 0 Å². The summed E-state index contributed by atoms with van der Waals surface area (Å²) in [5.41, 5.74) is 0.0733. The lowest BCUT2D eigenvalue weighted by atomic mass is 9.93. The van der Waals surface area contributed by atoms with Crippen LogP contribution < -0.4 is 0 Å². The molecule has 0 spiro atoms. The van der Waals surface area contributed by atoms with E-state index in [9.17, 15) is 19.8 Å². The van der Waals surface area contributed by atoms with E-state index in [1.54, 1.807) is 4.90 Å². The summed E-state index contributed by atoms with van der Waals surface area (Å²) in [5, 5.41) is 19.1. The summed E-state index contributed by atoms with van der Waals surface area (Å²) in [6, 6.07) is 3.85. The predicted molar refractivity (Wildman–Crippen MR) is 69.1 cm³/mol. The lowest BCUT2D eigenvalue weighted by molar-refractivity contribution is -0.125. The van der Waals surface area contributed by atoms with E-state index in [1.165, 1.54) is 18.2 Å². The van der Waals surface area contributed by atoms with Gasteiger partial charge in [0.15, 0.2) is 0 Å². The smallest absolute Gasteiger partial charge is 0.257 e. The number of nitrogens with zero attached hydrogens (tertiary/aromatic N) is 1. The van der Waals surface area contributed by atoms with Gasteiger partial charge < -0.3 is 15.1 Å². The Morgan fingerprint density at radius 2 is 2.16 bits per heavy atom. The molecule has 1 aromatic carbocycles. The van der Waals surface area contributed by atoms with Crippen LogP contribution in [0.3, 0.4) is 0 Å². The molecule has 1 amide bonds. The van der Waals surface area contributed by atoms with Crippen molar-refractivity contribution in [2.45, 2.75) is 19.8 Å². The van der Waals surface area contributed by atoms with Crippen LogP contribution in [0, 0.1) is 5.92 Å². The van der Waals surface area contributed by atoms with Gasteiger partial charge in [0.1, 0.15) is 17.3 Å². The second kappa shape index (κ2) is 5.30. The highest BCUT2D eigenvalue weighted by Crippen LogP contribution is 2.25. The number of carbonyl (C=O) groups excluding carboxylic acids is 2. The van der Waals surface area contributed by atoms with Gasteiger partial charge in [-0.2, -0.15) is 0 Å². The summed E-state index contributed by atoms with van der Waals surface area (Å²) in [6.07, 6.45) is 1.05. The molecule has 102 valence electrons. The van der Waals surface area contributed by atoms with Gasteiger partial charge in [0.2, 0.25) is 0 Å². The van der Waals surface area contributed by atoms with Crippen LogP contribution in [0.15, 0.2) is 18.2 Å². The Morgan fingerprint density at radius 1 is 1.42 bits per heavy atom. The van der Waals surface area contributed by atoms with E-state index in [0.29, 0.717) is 25.9 Å². The Balaban J connectivity index is 2.20. The van der Waals surface area contributed by atoms with Crippen LogP contribution in [0.4, 0.5) is 0 Å². The first-order chi connectivity index (χ1) is 9.02. The summed E-state index contributed by atoms with van der Waals surface area (Å²) in [5.74, 6) is -0.516. The minimum atomic E-state index is -0.348. The third-order valence-electron chi connectivity index (χ3n) is 3.51. The number of rotatable bonds is 2. The molecule has 1 heterocycles. The maximum absolute atomic E-state index is 12.3. The maximum atomic E-state index is 12.3. The number of phenolic OH excluding ortho intramolecular Hbond substituents is 2. The number of amides is 1. The molecule has 1 aliphatic rings. The van der Waals surface area contributed by atoms with E-state index in [4.69, 9.17) is 0 Å². The number of piperidine rings is 1. The van der Waals surface area contributed by atoms with E-state index < -0.39 is 0 Å². The Bertz CT molecular complexity index is 512. The Labute approximate surface area is 111 Å². The van der Waals surface area contributed by atoms with E-state index in [2.05, 4.69) is 0 Å². The van der Waals surface area contributed by atoms with E-state index in [1.807, 2.05) is 6.92 Å². The second-order valence-corrected chi connectivity index (χ2v) is 4.77. The zero-order chi connectivity index (χ0) is 14.0. The molecule has 1 aliphatic heterocycles. The number of phenols is 2. The third kappa shape index (κ3) is 2.70. The molecule has 5 nitrogen and oxygen atoms in total. The molecular formula is C14H17NO4. The quantitative estimate of drug-likeness (QED) is 0.793. The zero-order valence-electron chi connectivity index (χ0n) is 10.8. The molecule has 19 heavy (non-hydrogen) atoms. The van der Waals surface area contributed by atoms with Crippen LogP contribution >= 0.6 is 0 Å². The molecule has 1 atom stereocenters. The molecule has 0 aliphatic carbocycles. The highest BCUT2D eigenvalue weighted by molar-refractivity contribution is 5.98. The average Bonchev–Trinajstić information content (AvgIpc) is 2.41. The van der Waals surface area contributed by atoms with Crippen LogP contribution in [0.25, 0.3) is 0 Å². The highest BCUT2D eigenvalue weighted by atomic mass is 16.3. The second-order valence-electron chi connectivity index (χ2n) is 4.77. The summed E-state index contributed by atoms with van der Waals surface area (Å²) in [4.78, 5) is 25.5. The number of carbonyl (C=O) groups is 2. The molecular weight excluding hydrogens is 246 g/mol. The minimum Gasteiger partial charge on any atom is -0.508 e. The summed E-state index contributed by atoms with van der Waals surface area (Å²) < 4.78 is 0. The van der Waals surface area contributed by atoms with Gasteiger partial charge in [-0.3, -0.25) is 9.59 Å². The average molecular weight is 263 g/mol. The SMILES string of the molecule is CCC1CN(C(=O)c2cc(O)ccc2O)CCC1=O. The molecule has 0 saturated carbocycles. The lowest BCUT2D eigenvalue weighted by Gasteiger charge is -2.31. The normalized spacial score (nSPS) is 19.5. The van der Waals surface area contributed by atoms with Gasteiger partial charge in [0.05, 0.1) is 5.56 Å². The van der Waals surface area contributed by atoms with Crippen molar-refractivity contribution >= 4 is 11.7 Å². The van der Waals surface area contributed by atoms with E-state index >= 15 is 0 Å². The van der Waals surface area contributed by atoms with Crippen molar-refractivity contribution < 1.29 is 19.8 Å². The predicted octanol–water partition coefficient (Wildman–Crippen LogP) is 1.54. The van der Waals surface area contributed by atoms with Gasteiger partial charge in [0, 0.05) is 25.4 Å². The Morgan fingerprint density at radius 3 is 2.84 bits per heavy atom. The molecule has 1 aromatic rings. The first-order valence-electron chi connectivity index (χ1n) is 6.37. The van der Waals surface area contributed by atoms with Crippen LogP contribution in [0.5, 0.6) is 11.5 Å². The fourth-order valence-corrected chi connectivity index (χ4v) is 2.32. The van der Waals surface area contributed by atoms with E-state index in [0.717, 1.165) is 0 Å². The first kappa shape index (κ1) is 13.4. The van der Waals surface area contributed by atoms with Gasteiger partial charge in [-0.1, -0.05) is 6.92 Å². The lowest BCUT2D eigenvalue weighted by Crippen LogP contribution is -2.43. The number of likely N-dealkylation sites (tertiary alicyclic amines) is 1. The van der Waals surface area contributed by atoms with Crippen LogP contribution in [0.2, 0.25) is 0 Å². The van der Waals surface area contributed by atoms with Crippen LogP contribution in [-0.4, -0.2) is 39.9 Å². The van der Waals surface area contributed by atoms with Crippen molar-refractivity contribution in [2.24, 2.45) is 5.92 Å². The van der Waals surface area contributed by atoms with E-state index in [-0.39, 0.29) is 34.7 Å². The van der Waals surface area contributed by atoms with Gasteiger partial charge >= 0.3 is 0 Å². The van der Waals surface area contributed by atoms with Crippen molar-refractivity contribution in [3.63, 3.8) is 0 Å². The van der Waals surface area contributed by atoms with Crippen LogP contribution in [-0.2, 0) is 4.79 Å². The summed E-state index contributed by atoms with van der Waals surface area (Å²) in [7, 11) is 0. The van der Waals surface area contributed by atoms with Gasteiger partial charge in [-0.05, 0) is 24.6 Å². The first-order valence-corrected chi connectivity index (χ1v) is 6.37. The van der Waals surface area contributed by atoms with Crippen LogP contribution in [0.1, 0.15) is 30.1 Å². The zero-order valence-corrected chi connectivity index (χ0v) is 10.8. The van der Waals surface area contributed by atoms with Crippen molar-refractivity contribution in [3.8, 4) is 11.5 Å². The Kier molecular flexibility index (Phi) is 3.74. The molecule has 1 fully saturated rings. The van der Waals surface area contributed by atoms with Crippen molar-refractivity contribution in [2.75, 3.05) is 13.1 Å². The minimum absolute atomic E-state index is 0.0683. The fourth-order valence-electron chi connectivity index (χ4n) is 2.32. The molecule has 0 bridgehead atoms. The van der Waals surface area contributed by atoms with Crippen molar-refractivity contribution in [1.82, 2.24) is 4.90 Å². The van der Waals surface area contributed by atoms with Gasteiger partial charge in [-0.15, -0.1) is 0 Å². The van der Waals surface area contributed by atoms with Crippen molar-refractivity contribution in [3.05, 3.63) is 23.8 Å². The highest BCUT2D eigenvalue weighted by Gasteiger charge is 2.30. The number of hydrogen-bond acceptors (Lipinski definition) is 4. The monoisotopic (exact) mass is 263 g/mol. The van der Waals surface area contributed by atoms with Gasteiger partial charge in [-0.25, -0.2) is 0 Å². The summed E-state index contributed by atoms with van der Waals surface area (Å²) >= 11 is 0. The molecule has 2 rings (SSSR count). The molecule has 0 radical (unpaired) electrons. The summed E-state index contributed by atoms with van der Waals surface area (Å²) in [6.45, 7) is 2.66. The number of ketones is 1. The fraction of sp³-hybridized carbons (Fsp3) is 0.429. The molecule has 2 N–H and O–H groups in total. The number of Topliss-reactive ketones (excluding diaryl/α,β-unsaturated/α-hetero) is 1. The standard InChI is InChI=1S/C14H17NO4/c1-2-9-8-15(6-5-12(9)17)14(19)11-7-10(16)3-4-13(11)18/h3-4,7,9,16,18H,2,5-6,8H2,1H3. The number of aromatic hydroxyl groups is 2. The molecule has 1 saturated heterocycles. The van der Waals surface area contributed by atoms with Gasteiger partial charge in [0.25, 0.3) is 5.91 Å². The molecule has 1 unspecified atom stereocenters. The number of hydrogen-bond donors (Lipinski definition) is 2. The third-order valence-corrected chi connectivity index (χ3v) is 3.51. The largest absolute Gasteiger partial charge is 0.508 e. The maximum Gasteiger partial charge on any atom is 0.257 e. The molecule has 5 heteroatoms. The Hall–Kier alpha value is -2.04. The molecule has 0 aromatic heterocycles.